The fraction of sp³-hybridized carbons (Fsp3) is 0.462. The highest BCUT2D eigenvalue weighted by Gasteiger charge is 2.08. The second kappa shape index (κ2) is 5.53. The maximum Gasteiger partial charge on any atom is 0.101 e. The van der Waals surface area contributed by atoms with Gasteiger partial charge < -0.3 is 10.2 Å². The Hall–Kier alpha value is -1.53. The highest BCUT2D eigenvalue weighted by Crippen LogP contribution is 2.19. The summed E-state index contributed by atoms with van der Waals surface area (Å²) in [7, 11) is 4.10. The van der Waals surface area contributed by atoms with E-state index in [0.717, 1.165) is 17.8 Å². The van der Waals surface area contributed by atoms with E-state index >= 15 is 0 Å². The van der Waals surface area contributed by atoms with Gasteiger partial charge in [-0.2, -0.15) is 5.26 Å². The molecule has 1 aromatic carbocycles. The Labute approximate surface area is 97.7 Å². The number of nitrogens with one attached hydrogen (secondary N) is 1. The van der Waals surface area contributed by atoms with Crippen LogP contribution in [0, 0.1) is 18.3 Å². The standard InChI is InChI=1S/C13H19N3/c1-10-6-5-7-12(8-14)13(10)15-9-11(2)16(3)4/h5-7,11,15H,9H2,1-4H3. The van der Waals surface area contributed by atoms with Crippen molar-refractivity contribution in [2.45, 2.75) is 19.9 Å². The van der Waals surface area contributed by atoms with Gasteiger partial charge >= 0.3 is 0 Å². The van der Waals surface area contributed by atoms with Gasteiger partial charge in [-0.3, -0.25) is 0 Å². The summed E-state index contributed by atoms with van der Waals surface area (Å²) in [6.45, 7) is 5.01. The maximum absolute atomic E-state index is 9.02. The quantitative estimate of drug-likeness (QED) is 0.840. The molecule has 3 nitrogen and oxygen atoms in total. The van der Waals surface area contributed by atoms with E-state index in [-0.39, 0.29) is 0 Å². The third-order valence-corrected chi connectivity index (χ3v) is 2.85. The minimum absolute atomic E-state index is 0.436. The smallest absolute Gasteiger partial charge is 0.101 e. The van der Waals surface area contributed by atoms with Crippen molar-refractivity contribution in [2.75, 3.05) is 26.0 Å². The minimum atomic E-state index is 0.436. The van der Waals surface area contributed by atoms with E-state index in [1.807, 2.05) is 25.1 Å². The van der Waals surface area contributed by atoms with Crippen molar-refractivity contribution in [1.29, 1.82) is 5.26 Å². The maximum atomic E-state index is 9.02. The van der Waals surface area contributed by atoms with Crippen molar-refractivity contribution in [2.24, 2.45) is 0 Å². The Morgan fingerprint density at radius 1 is 1.44 bits per heavy atom. The van der Waals surface area contributed by atoms with Crippen molar-refractivity contribution < 1.29 is 0 Å². The predicted octanol–water partition coefficient (Wildman–Crippen LogP) is 2.23. The molecular weight excluding hydrogens is 198 g/mol. The molecule has 0 aliphatic rings. The van der Waals surface area contributed by atoms with E-state index < -0.39 is 0 Å². The number of nitriles is 1. The molecule has 0 saturated carbocycles. The number of hydrogen-bond donors (Lipinski definition) is 1. The number of hydrogen-bond acceptors (Lipinski definition) is 3. The molecule has 0 heterocycles. The molecule has 1 atom stereocenters. The first kappa shape index (κ1) is 12.5. The molecule has 0 radical (unpaired) electrons. The van der Waals surface area contributed by atoms with E-state index in [1.54, 1.807) is 0 Å². The second-order valence-corrected chi connectivity index (χ2v) is 4.30. The third kappa shape index (κ3) is 2.98. The van der Waals surface area contributed by atoms with Crippen molar-refractivity contribution in [1.82, 2.24) is 4.90 Å². The fourth-order valence-electron chi connectivity index (χ4n) is 1.43. The zero-order chi connectivity index (χ0) is 12.1. The molecule has 0 aromatic heterocycles. The van der Waals surface area contributed by atoms with Gasteiger partial charge in [0.25, 0.3) is 0 Å². The van der Waals surface area contributed by atoms with Crippen molar-refractivity contribution in [3.05, 3.63) is 29.3 Å². The summed E-state index contributed by atoms with van der Waals surface area (Å²) >= 11 is 0. The lowest BCUT2D eigenvalue weighted by molar-refractivity contribution is 0.326. The van der Waals surface area contributed by atoms with Gasteiger partial charge in [-0.05, 0) is 39.6 Å². The molecule has 1 rings (SSSR count). The number of para-hydroxylation sites is 1. The molecule has 0 saturated heterocycles. The van der Waals surface area contributed by atoms with Gasteiger partial charge in [0.1, 0.15) is 6.07 Å². The van der Waals surface area contributed by atoms with Crippen LogP contribution >= 0.6 is 0 Å². The molecule has 3 heteroatoms. The average molecular weight is 217 g/mol. The lowest BCUT2D eigenvalue weighted by Crippen LogP contribution is -2.31. The second-order valence-electron chi connectivity index (χ2n) is 4.30. The zero-order valence-corrected chi connectivity index (χ0v) is 10.4. The summed E-state index contributed by atoms with van der Waals surface area (Å²) in [4.78, 5) is 2.15. The number of rotatable bonds is 4. The Balaban J connectivity index is 2.78. The van der Waals surface area contributed by atoms with Crippen LogP contribution in [-0.2, 0) is 0 Å². The lowest BCUT2D eigenvalue weighted by Gasteiger charge is -2.21. The monoisotopic (exact) mass is 217 g/mol. The largest absolute Gasteiger partial charge is 0.382 e. The van der Waals surface area contributed by atoms with Crippen LogP contribution in [0.1, 0.15) is 18.1 Å². The highest BCUT2D eigenvalue weighted by atomic mass is 15.1. The molecule has 1 aromatic rings. The molecule has 0 amide bonds. The first-order chi connectivity index (χ1) is 7.56. The first-order valence-corrected chi connectivity index (χ1v) is 5.46. The Morgan fingerprint density at radius 2 is 2.12 bits per heavy atom. The van der Waals surface area contributed by atoms with Crippen molar-refractivity contribution >= 4 is 5.69 Å². The summed E-state index contributed by atoms with van der Waals surface area (Å²) in [6.07, 6.45) is 0. The number of nitrogens with zero attached hydrogens (tertiary/aromatic N) is 2. The molecular formula is C13H19N3. The summed E-state index contributed by atoms with van der Waals surface area (Å²) in [6, 6.07) is 8.42. The lowest BCUT2D eigenvalue weighted by atomic mass is 10.1. The van der Waals surface area contributed by atoms with E-state index in [2.05, 4.69) is 37.3 Å². The van der Waals surface area contributed by atoms with Crippen LogP contribution in [-0.4, -0.2) is 31.6 Å². The van der Waals surface area contributed by atoms with Crippen LogP contribution in [0.4, 0.5) is 5.69 Å². The molecule has 0 fully saturated rings. The third-order valence-electron chi connectivity index (χ3n) is 2.85. The van der Waals surface area contributed by atoms with Gasteiger partial charge in [-0.25, -0.2) is 0 Å². The number of likely N-dealkylation sites (N-methyl/N-ethyl adjacent to an activating group) is 1. The molecule has 1 N–H and O–H groups in total. The summed E-state index contributed by atoms with van der Waals surface area (Å²) in [5, 5.41) is 12.4. The molecule has 0 aliphatic heterocycles. The molecule has 16 heavy (non-hydrogen) atoms. The molecule has 0 aliphatic carbocycles. The predicted molar refractivity (Wildman–Crippen MR) is 67.5 cm³/mol. The van der Waals surface area contributed by atoms with Gasteiger partial charge in [-0.1, -0.05) is 12.1 Å². The summed E-state index contributed by atoms with van der Waals surface area (Å²) in [5.41, 5.74) is 2.79. The minimum Gasteiger partial charge on any atom is -0.382 e. The van der Waals surface area contributed by atoms with E-state index in [9.17, 15) is 0 Å². The topological polar surface area (TPSA) is 39.1 Å². The van der Waals surface area contributed by atoms with Crippen LogP contribution < -0.4 is 5.32 Å². The molecule has 0 spiro atoms. The molecule has 86 valence electrons. The normalized spacial score (nSPS) is 12.2. The van der Waals surface area contributed by atoms with Gasteiger partial charge in [-0.15, -0.1) is 0 Å². The van der Waals surface area contributed by atoms with E-state index in [1.165, 1.54) is 0 Å². The van der Waals surface area contributed by atoms with Crippen LogP contribution in [0.25, 0.3) is 0 Å². The molecule has 1 unspecified atom stereocenters. The fourth-order valence-corrected chi connectivity index (χ4v) is 1.43. The molecule has 0 bridgehead atoms. The SMILES string of the molecule is Cc1cccc(C#N)c1NCC(C)N(C)C. The van der Waals surface area contributed by atoms with Gasteiger partial charge in [0.15, 0.2) is 0 Å². The summed E-state index contributed by atoms with van der Waals surface area (Å²) in [5.74, 6) is 0. The van der Waals surface area contributed by atoms with Gasteiger partial charge in [0, 0.05) is 12.6 Å². The van der Waals surface area contributed by atoms with Crippen molar-refractivity contribution in [3.8, 4) is 6.07 Å². The number of aryl methyl sites for hydroxylation is 1. The van der Waals surface area contributed by atoms with Gasteiger partial charge in [0.2, 0.25) is 0 Å². The van der Waals surface area contributed by atoms with Crippen molar-refractivity contribution in [3.63, 3.8) is 0 Å². The van der Waals surface area contributed by atoms with Crippen LogP contribution in [0.5, 0.6) is 0 Å². The Morgan fingerprint density at radius 3 is 2.69 bits per heavy atom. The Bertz CT molecular complexity index is 391. The highest BCUT2D eigenvalue weighted by molar-refractivity contribution is 5.62. The van der Waals surface area contributed by atoms with Gasteiger partial charge in [0.05, 0.1) is 11.3 Å². The number of benzene rings is 1. The van der Waals surface area contributed by atoms with E-state index in [4.69, 9.17) is 5.26 Å². The van der Waals surface area contributed by atoms with Crippen LogP contribution in [0.15, 0.2) is 18.2 Å². The Kier molecular flexibility index (Phi) is 4.33. The zero-order valence-electron chi connectivity index (χ0n) is 10.4. The average Bonchev–Trinajstić information content (AvgIpc) is 2.26. The van der Waals surface area contributed by atoms with Crippen LogP contribution in [0.2, 0.25) is 0 Å². The van der Waals surface area contributed by atoms with E-state index in [0.29, 0.717) is 11.6 Å². The summed E-state index contributed by atoms with van der Waals surface area (Å²) < 4.78 is 0. The first-order valence-electron chi connectivity index (χ1n) is 5.46. The van der Waals surface area contributed by atoms with Crippen LogP contribution in [0.3, 0.4) is 0 Å². The number of anilines is 1.